The van der Waals surface area contributed by atoms with Crippen LogP contribution >= 0.6 is 23.1 Å². The van der Waals surface area contributed by atoms with E-state index in [1.807, 2.05) is 17.5 Å². The van der Waals surface area contributed by atoms with Gasteiger partial charge in [-0.25, -0.2) is 4.98 Å². The number of pyridine rings is 1. The number of aromatic amines is 1. The van der Waals surface area contributed by atoms with E-state index in [1.165, 1.54) is 28.7 Å². The number of nitrogen functional groups attached to an aromatic ring is 1. The van der Waals surface area contributed by atoms with Crippen molar-refractivity contribution in [2.24, 2.45) is 0 Å². The Bertz CT molecular complexity index is 1060. The Kier molecular flexibility index (Phi) is 5.74. The van der Waals surface area contributed by atoms with Crippen LogP contribution in [0, 0.1) is 22.7 Å². The molecule has 3 N–H and O–H groups in total. The first-order valence-corrected chi connectivity index (χ1v) is 10.7. The zero-order valence-corrected chi connectivity index (χ0v) is 17.7. The number of rotatable bonds is 4. The number of benzene rings is 1. The maximum absolute atomic E-state index is 9.80. The van der Waals surface area contributed by atoms with Gasteiger partial charge >= 0.3 is 0 Å². The Hall–Kier alpha value is -2.80. The Morgan fingerprint density at radius 2 is 1.75 bits per heavy atom. The third-order valence-electron chi connectivity index (χ3n) is 4.44. The molecule has 0 aliphatic heterocycles. The number of nitrogens with zero attached hydrogens (tertiary/aromatic N) is 2. The summed E-state index contributed by atoms with van der Waals surface area (Å²) in [6.07, 6.45) is 0. The first kappa shape index (κ1) is 19.9. The molecule has 2 heterocycles. The fourth-order valence-electron chi connectivity index (χ4n) is 2.88. The first-order valence-electron chi connectivity index (χ1n) is 8.80. The van der Waals surface area contributed by atoms with E-state index in [-0.39, 0.29) is 11.2 Å². The summed E-state index contributed by atoms with van der Waals surface area (Å²) in [4.78, 5) is 3.92. The summed E-state index contributed by atoms with van der Waals surface area (Å²) in [7, 11) is 0. The summed E-state index contributed by atoms with van der Waals surface area (Å²) in [5.41, 5.74) is 10.1. The standard InChI is InChI=1S/C22H20N4S2/c1-22(2,3)15-8-6-14(7-9-15)13-28-21-17(12-24)19(18-5-4-10-27-18)16(11-23)20(25)26-21/h4-10H,13H2,1-3H3,(H2,25,26)/p+1. The third-order valence-corrected chi connectivity index (χ3v) is 6.40. The lowest BCUT2D eigenvalue weighted by atomic mass is 9.87. The number of aromatic nitrogens is 1. The van der Waals surface area contributed by atoms with Crippen LogP contribution in [0.15, 0.2) is 46.8 Å². The van der Waals surface area contributed by atoms with E-state index in [2.05, 4.69) is 62.2 Å². The number of H-pyrrole nitrogens is 1. The number of nitrogens with one attached hydrogen (secondary N) is 1. The Morgan fingerprint density at radius 1 is 1.07 bits per heavy atom. The molecule has 0 unspecified atom stereocenters. The lowest BCUT2D eigenvalue weighted by Gasteiger charge is -2.19. The molecule has 0 radical (unpaired) electrons. The van der Waals surface area contributed by atoms with E-state index < -0.39 is 0 Å². The normalized spacial score (nSPS) is 11.0. The van der Waals surface area contributed by atoms with Gasteiger partial charge in [0.15, 0.2) is 10.6 Å². The van der Waals surface area contributed by atoms with Crippen LogP contribution < -0.4 is 10.7 Å². The van der Waals surface area contributed by atoms with Gasteiger partial charge in [-0.3, -0.25) is 5.73 Å². The number of nitriles is 2. The van der Waals surface area contributed by atoms with Crippen molar-refractivity contribution in [3.05, 3.63) is 64.0 Å². The molecule has 0 fully saturated rings. The number of hydrogen-bond donors (Lipinski definition) is 1. The van der Waals surface area contributed by atoms with Crippen LogP contribution in [0.2, 0.25) is 0 Å². The van der Waals surface area contributed by atoms with E-state index >= 15 is 0 Å². The minimum Gasteiger partial charge on any atom is -0.286 e. The highest BCUT2D eigenvalue weighted by Crippen LogP contribution is 2.36. The average molecular weight is 406 g/mol. The Balaban J connectivity index is 1.95. The highest BCUT2D eigenvalue weighted by Gasteiger charge is 2.24. The van der Waals surface area contributed by atoms with E-state index in [0.717, 1.165) is 10.4 Å². The van der Waals surface area contributed by atoms with E-state index in [1.54, 1.807) is 0 Å². The predicted molar refractivity (Wildman–Crippen MR) is 115 cm³/mol. The molecule has 1 aromatic carbocycles. The number of hydrogen-bond acceptors (Lipinski definition) is 5. The van der Waals surface area contributed by atoms with Crippen molar-refractivity contribution in [3.63, 3.8) is 0 Å². The van der Waals surface area contributed by atoms with Crippen LogP contribution in [0.25, 0.3) is 10.4 Å². The minimum atomic E-state index is 0.116. The maximum Gasteiger partial charge on any atom is 0.289 e. The van der Waals surface area contributed by atoms with E-state index in [9.17, 15) is 10.5 Å². The number of nitrogens with two attached hydrogens (primary N) is 1. The minimum absolute atomic E-state index is 0.116. The summed E-state index contributed by atoms with van der Waals surface area (Å²) in [5, 5.41) is 22.0. The topological polar surface area (TPSA) is 87.7 Å². The Labute approximate surface area is 173 Å². The van der Waals surface area contributed by atoms with Crippen molar-refractivity contribution < 1.29 is 4.98 Å². The highest BCUT2D eigenvalue weighted by atomic mass is 32.2. The maximum atomic E-state index is 9.80. The van der Waals surface area contributed by atoms with Crippen LogP contribution in [0.5, 0.6) is 0 Å². The zero-order valence-electron chi connectivity index (χ0n) is 16.0. The molecule has 140 valence electrons. The SMILES string of the molecule is CC(C)(C)c1ccc(CSc2[nH+]c(N)c(C#N)c(-c3cccs3)c2C#N)cc1. The number of anilines is 1. The predicted octanol–water partition coefficient (Wildman–Crippen LogP) is 5.14. The van der Waals surface area contributed by atoms with Gasteiger partial charge in [0.2, 0.25) is 0 Å². The van der Waals surface area contributed by atoms with Crippen molar-refractivity contribution in [2.45, 2.75) is 37.0 Å². The molecule has 3 aromatic rings. The van der Waals surface area contributed by atoms with Crippen LogP contribution in [-0.2, 0) is 11.2 Å². The van der Waals surface area contributed by atoms with Crippen LogP contribution in [-0.4, -0.2) is 0 Å². The molecule has 6 heteroatoms. The van der Waals surface area contributed by atoms with Gasteiger partial charge in [-0.2, -0.15) is 10.5 Å². The second kappa shape index (κ2) is 8.06. The van der Waals surface area contributed by atoms with Crippen LogP contribution in [0.1, 0.15) is 43.0 Å². The molecular formula is C22H21N4S2+. The smallest absolute Gasteiger partial charge is 0.286 e. The van der Waals surface area contributed by atoms with Gasteiger partial charge in [0.1, 0.15) is 17.7 Å². The molecule has 0 saturated heterocycles. The summed E-state index contributed by atoms with van der Waals surface area (Å²) in [6.45, 7) is 6.57. The fourth-order valence-corrected chi connectivity index (χ4v) is 4.64. The van der Waals surface area contributed by atoms with E-state index in [0.29, 0.717) is 27.5 Å². The van der Waals surface area contributed by atoms with E-state index in [4.69, 9.17) is 5.73 Å². The van der Waals surface area contributed by atoms with Gasteiger partial charge < -0.3 is 0 Å². The van der Waals surface area contributed by atoms with Crippen molar-refractivity contribution in [1.29, 1.82) is 10.5 Å². The molecule has 0 amide bonds. The average Bonchev–Trinajstić information content (AvgIpc) is 3.19. The van der Waals surface area contributed by atoms with Crippen molar-refractivity contribution >= 4 is 28.9 Å². The van der Waals surface area contributed by atoms with Gasteiger partial charge in [0.05, 0.1) is 0 Å². The van der Waals surface area contributed by atoms with Gasteiger partial charge in [0.25, 0.3) is 5.82 Å². The number of thiophene rings is 1. The van der Waals surface area contributed by atoms with Crippen LogP contribution in [0.3, 0.4) is 0 Å². The first-order chi connectivity index (χ1) is 13.3. The molecule has 28 heavy (non-hydrogen) atoms. The molecule has 0 saturated carbocycles. The third kappa shape index (κ3) is 4.04. The molecule has 0 bridgehead atoms. The van der Waals surface area contributed by atoms with Gasteiger partial charge in [0, 0.05) is 16.2 Å². The fraction of sp³-hybridized carbons (Fsp3) is 0.227. The summed E-state index contributed by atoms with van der Waals surface area (Å²) < 4.78 is 0. The Morgan fingerprint density at radius 3 is 2.29 bits per heavy atom. The lowest BCUT2D eigenvalue weighted by molar-refractivity contribution is -0.410. The molecule has 2 aromatic heterocycles. The quantitative estimate of drug-likeness (QED) is 0.608. The van der Waals surface area contributed by atoms with Gasteiger partial charge in [-0.05, 0) is 28.0 Å². The second-order valence-corrected chi connectivity index (χ2v) is 9.36. The molecule has 4 nitrogen and oxygen atoms in total. The van der Waals surface area contributed by atoms with Crippen molar-refractivity contribution in [3.8, 4) is 22.6 Å². The molecule has 0 spiro atoms. The monoisotopic (exact) mass is 405 g/mol. The van der Waals surface area contributed by atoms with Crippen molar-refractivity contribution in [2.75, 3.05) is 5.73 Å². The molecule has 3 rings (SSSR count). The van der Waals surface area contributed by atoms with Gasteiger partial charge in [-0.15, -0.1) is 11.3 Å². The highest BCUT2D eigenvalue weighted by molar-refractivity contribution is 7.98. The largest absolute Gasteiger partial charge is 0.289 e. The zero-order chi connectivity index (χ0) is 20.3. The lowest BCUT2D eigenvalue weighted by Crippen LogP contribution is -2.18. The molecule has 0 atom stereocenters. The molecule has 0 aliphatic carbocycles. The second-order valence-electron chi connectivity index (χ2n) is 7.43. The van der Waals surface area contributed by atoms with Crippen molar-refractivity contribution in [1.82, 2.24) is 0 Å². The number of thioether (sulfide) groups is 1. The van der Waals surface area contributed by atoms with Crippen LogP contribution in [0.4, 0.5) is 5.82 Å². The summed E-state index contributed by atoms with van der Waals surface area (Å²) >= 11 is 3.01. The van der Waals surface area contributed by atoms with Gasteiger partial charge in [-0.1, -0.05) is 62.9 Å². The molecular weight excluding hydrogens is 384 g/mol. The summed E-state index contributed by atoms with van der Waals surface area (Å²) in [6, 6.07) is 16.7. The molecule has 0 aliphatic rings. The summed E-state index contributed by atoms with van der Waals surface area (Å²) in [5.74, 6) is 0.987.